The second-order valence-corrected chi connectivity index (χ2v) is 5.33. The van der Waals surface area contributed by atoms with E-state index in [1.165, 1.54) is 0 Å². The maximum atomic E-state index is 12.0. The van der Waals surface area contributed by atoms with Gasteiger partial charge in [-0.3, -0.25) is 4.79 Å². The fourth-order valence-corrected chi connectivity index (χ4v) is 2.04. The molecular formula is C18H22N2O3. The molecule has 2 aromatic rings. The number of methoxy groups -OCH3 is 1. The molecule has 0 radical (unpaired) electrons. The van der Waals surface area contributed by atoms with Gasteiger partial charge in [-0.25, -0.2) is 0 Å². The molecule has 0 saturated heterocycles. The Hall–Kier alpha value is -2.69. The smallest absolute Gasteiger partial charge is 0.243 e. The summed E-state index contributed by atoms with van der Waals surface area (Å²) >= 11 is 0. The zero-order chi connectivity index (χ0) is 16.7. The number of ether oxygens (including phenoxy) is 2. The molecule has 122 valence electrons. The molecule has 5 nitrogen and oxygen atoms in total. The number of nitrogens with one attached hydrogen (secondary N) is 2. The summed E-state index contributed by atoms with van der Waals surface area (Å²) in [4.78, 5) is 12.0. The van der Waals surface area contributed by atoms with E-state index in [0.717, 1.165) is 11.4 Å². The minimum atomic E-state index is -0.131. The molecule has 0 saturated carbocycles. The Labute approximate surface area is 136 Å². The van der Waals surface area contributed by atoms with Crippen LogP contribution in [0.25, 0.3) is 0 Å². The molecule has 0 bridgehead atoms. The molecule has 5 heteroatoms. The first-order valence-electron chi connectivity index (χ1n) is 7.51. The number of carbonyl (C=O) groups is 1. The van der Waals surface area contributed by atoms with Gasteiger partial charge in [0.2, 0.25) is 5.91 Å². The third kappa shape index (κ3) is 5.54. The number of anilines is 2. The Morgan fingerprint density at radius 3 is 2.39 bits per heavy atom. The average Bonchev–Trinajstić information content (AvgIpc) is 2.53. The van der Waals surface area contributed by atoms with E-state index < -0.39 is 0 Å². The second-order valence-electron chi connectivity index (χ2n) is 5.33. The molecule has 2 N–H and O–H groups in total. The van der Waals surface area contributed by atoms with Crippen molar-refractivity contribution in [3.8, 4) is 11.5 Å². The van der Waals surface area contributed by atoms with E-state index in [4.69, 9.17) is 9.47 Å². The van der Waals surface area contributed by atoms with Crippen LogP contribution in [-0.4, -0.2) is 25.7 Å². The van der Waals surface area contributed by atoms with Crippen LogP contribution in [0.4, 0.5) is 11.4 Å². The Morgan fingerprint density at radius 1 is 1.04 bits per heavy atom. The summed E-state index contributed by atoms with van der Waals surface area (Å²) in [6.45, 7) is 4.12. The SMILES string of the molecule is COc1cccc(NC(=O)CNc2cccc(OC(C)C)c2)c1. The van der Waals surface area contributed by atoms with Crippen molar-refractivity contribution in [3.63, 3.8) is 0 Å². The summed E-state index contributed by atoms with van der Waals surface area (Å²) in [5, 5.41) is 5.90. The standard InChI is InChI=1S/C18H22N2O3/c1-13(2)23-17-9-4-6-14(10-17)19-12-18(21)20-15-7-5-8-16(11-15)22-3/h4-11,13,19H,12H2,1-3H3,(H,20,21). The molecule has 0 aromatic heterocycles. The van der Waals surface area contributed by atoms with Gasteiger partial charge in [0, 0.05) is 23.5 Å². The lowest BCUT2D eigenvalue weighted by atomic mass is 10.3. The van der Waals surface area contributed by atoms with Gasteiger partial charge >= 0.3 is 0 Å². The van der Waals surface area contributed by atoms with E-state index >= 15 is 0 Å². The van der Waals surface area contributed by atoms with Gasteiger partial charge in [-0.05, 0) is 38.1 Å². The van der Waals surface area contributed by atoms with Gasteiger partial charge in [0.15, 0.2) is 0 Å². The van der Waals surface area contributed by atoms with E-state index in [2.05, 4.69) is 10.6 Å². The monoisotopic (exact) mass is 314 g/mol. The second kappa shape index (κ2) is 8.08. The summed E-state index contributed by atoms with van der Waals surface area (Å²) in [5.74, 6) is 1.35. The van der Waals surface area contributed by atoms with Crippen molar-refractivity contribution in [2.45, 2.75) is 20.0 Å². The fourth-order valence-electron chi connectivity index (χ4n) is 2.04. The highest BCUT2D eigenvalue weighted by molar-refractivity contribution is 5.93. The molecule has 2 aromatic carbocycles. The summed E-state index contributed by atoms with van der Waals surface area (Å²) < 4.78 is 10.8. The quantitative estimate of drug-likeness (QED) is 0.821. The van der Waals surface area contributed by atoms with E-state index in [0.29, 0.717) is 11.4 Å². The number of hydrogen-bond donors (Lipinski definition) is 2. The Morgan fingerprint density at radius 2 is 1.70 bits per heavy atom. The first kappa shape index (κ1) is 16.7. The van der Waals surface area contributed by atoms with Crippen molar-refractivity contribution in [2.24, 2.45) is 0 Å². The van der Waals surface area contributed by atoms with Crippen LogP contribution in [0, 0.1) is 0 Å². The van der Waals surface area contributed by atoms with E-state index in [1.807, 2.05) is 56.3 Å². The molecule has 0 aliphatic rings. The topological polar surface area (TPSA) is 59.6 Å². The van der Waals surface area contributed by atoms with Gasteiger partial charge in [-0.1, -0.05) is 12.1 Å². The molecule has 0 spiro atoms. The van der Waals surface area contributed by atoms with Crippen LogP contribution in [0.15, 0.2) is 48.5 Å². The number of carbonyl (C=O) groups excluding carboxylic acids is 1. The predicted octanol–water partition coefficient (Wildman–Crippen LogP) is 3.53. The molecule has 0 fully saturated rings. The highest BCUT2D eigenvalue weighted by Gasteiger charge is 2.04. The Kier molecular flexibility index (Phi) is 5.86. The number of benzene rings is 2. The molecule has 23 heavy (non-hydrogen) atoms. The van der Waals surface area contributed by atoms with Crippen molar-refractivity contribution >= 4 is 17.3 Å². The molecule has 1 amide bonds. The molecule has 0 atom stereocenters. The van der Waals surface area contributed by atoms with Crippen LogP contribution in [0.1, 0.15) is 13.8 Å². The highest BCUT2D eigenvalue weighted by Crippen LogP contribution is 2.19. The molecule has 2 rings (SSSR count). The lowest BCUT2D eigenvalue weighted by Gasteiger charge is -2.12. The summed E-state index contributed by atoms with van der Waals surface area (Å²) in [5.41, 5.74) is 1.54. The molecule has 0 unspecified atom stereocenters. The lowest BCUT2D eigenvalue weighted by Crippen LogP contribution is -2.21. The minimum Gasteiger partial charge on any atom is -0.497 e. The van der Waals surface area contributed by atoms with Crippen molar-refractivity contribution in [2.75, 3.05) is 24.3 Å². The van der Waals surface area contributed by atoms with Gasteiger partial charge in [-0.15, -0.1) is 0 Å². The van der Waals surface area contributed by atoms with Crippen molar-refractivity contribution in [3.05, 3.63) is 48.5 Å². The van der Waals surface area contributed by atoms with Crippen LogP contribution in [-0.2, 0) is 4.79 Å². The zero-order valence-corrected chi connectivity index (χ0v) is 13.6. The van der Waals surface area contributed by atoms with Crippen molar-refractivity contribution in [1.82, 2.24) is 0 Å². The summed E-state index contributed by atoms with van der Waals surface area (Å²) in [7, 11) is 1.59. The third-order valence-electron chi connectivity index (χ3n) is 3.01. The maximum absolute atomic E-state index is 12.0. The summed E-state index contributed by atoms with van der Waals surface area (Å²) in [6, 6.07) is 14.8. The van der Waals surface area contributed by atoms with Crippen molar-refractivity contribution < 1.29 is 14.3 Å². The van der Waals surface area contributed by atoms with Crippen LogP contribution >= 0.6 is 0 Å². The average molecular weight is 314 g/mol. The maximum Gasteiger partial charge on any atom is 0.243 e. The van der Waals surface area contributed by atoms with Crippen LogP contribution in [0.5, 0.6) is 11.5 Å². The summed E-state index contributed by atoms with van der Waals surface area (Å²) in [6.07, 6.45) is 0.113. The first-order chi connectivity index (χ1) is 11.1. The van der Waals surface area contributed by atoms with Crippen LogP contribution in [0.2, 0.25) is 0 Å². The first-order valence-corrected chi connectivity index (χ1v) is 7.51. The minimum absolute atomic E-state index is 0.113. The van der Waals surface area contributed by atoms with E-state index in [1.54, 1.807) is 13.2 Å². The molecule has 0 aliphatic heterocycles. The van der Waals surface area contributed by atoms with Gasteiger partial charge < -0.3 is 20.1 Å². The van der Waals surface area contributed by atoms with Gasteiger partial charge in [0.05, 0.1) is 19.8 Å². The highest BCUT2D eigenvalue weighted by atomic mass is 16.5. The van der Waals surface area contributed by atoms with Gasteiger partial charge in [-0.2, -0.15) is 0 Å². The van der Waals surface area contributed by atoms with Gasteiger partial charge in [0.1, 0.15) is 11.5 Å². The van der Waals surface area contributed by atoms with Crippen LogP contribution in [0.3, 0.4) is 0 Å². The molecule has 0 aliphatic carbocycles. The number of hydrogen-bond acceptors (Lipinski definition) is 4. The van der Waals surface area contributed by atoms with Gasteiger partial charge in [0.25, 0.3) is 0 Å². The van der Waals surface area contributed by atoms with Crippen molar-refractivity contribution in [1.29, 1.82) is 0 Å². The van der Waals surface area contributed by atoms with E-state index in [-0.39, 0.29) is 18.6 Å². The number of rotatable bonds is 7. The normalized spacial score (nSPS) is 10.3. The number of amides is 1. The molecular weight excluding hydrogens is 292 g/mol. The fraction of sp³-hybridized carbons (Fsp3) is 0.278. The zero-order valence-electron chi connectivity index (χ0n) is 13.6. The lowest BCUT2D eigenvalue weighted by molar-refractivity contribution is -0.114. The predicted molar refractivity (Wildman–Crippen MR) is 92.3 cm³/mol. The third-order valence-corrected chi connectivity index (χ3v) is 3.01. The Balaban J connectivity index is 1.88. The Bertz CT molecular complexity index is 656. The molecule has 0 heterocycles. The van der Waals surface area contributed by atoms with E-state index in [9.17, 15) is 4.79 Å². The largest absolute Gasteiger partial charge is 0.497 e. The van der Waals surface area contributed by atoms with Crippen LogP contribution < -0.4 is 20.1 Å².